The first-order valence-electron chi connectivity index (χ1n) is 4.34. The lowest BCUT2D eigenvalue weighted by molar-refractivity contribution is -0.139. The predicted octanol–water partition coefficient (Wildman–Crippen LogP) is 2.45. The van der Waals surface area contributed by atoms with E-state index in [1.807, 2.05) is 0 Å². The van der Waals surface area contributed by atoms with Crippen LogP contribution in [-0.2, 0) is 0 Å². The van der Waals surface area contributed by atoms with E-state index in [2.05, 4.69) is 10.3 Å². The van der Waals surface area contributed by atoms with E-state index < -0.39 is 19.2 Å². The van der Waals surface area contributed by atoms with Gasteiger partial charge in [0.1, 0.15) is 0 Å². The van der Waals surface area contributed by atoms with Crippen LogP contribution in [-0.4, -0.2) is 24.8 Å². The van der Waals surface area contributed by atoms with Gasteiger partial charge in [-0.3, -0.25) is 0 Å². The second kappa shape index (κ2) is 4.86. The first kappa shape index (κ1) is 11.6. The van der Waals surface area contributed by atoms with Crippen molar-refractivity contribution in [2.24, 2.45) is 0 Å². The summed E-state index contributed by atoms with van der Waals surface area (Å²) in [6, 6.07) is 3.19. The van der Waals surface area contributed by atoms with Gasteiger partial charge in [-0.1, -0.05) is 0 Å². The Morgan fingerprint density at radius 3 is 2.60 bits per heavy atom. The SMILES string of the molecule is CNc1ccc(OCCC(F)(F)F)nc1. The zero-order valence-electron chi connectivity index (χ0n) is 8.14. The third-order valence-corrected chi connectivity index (χ3v) is 1.66. The number of ether oxygens (including phenoxy) is 1. The summed E-state index contributed by atoms with van der Waals surface area (Å²) >= 11 is 0. The van der Waals surface area contributed by atoms with E-state index in [0.29, 0.717) is 0 Å². The van der Waals surface area contributed by atoms with Gasteiger partial charge in [-0.2, -0.15) is 13.2 Å². The van der Waals surface area contributed by atoms with Gasteiger partial charge in [0.05, 0.1) is 24.9 Å². The quantitative estimate of drug-likeness (QED) is 0.846. The topological polar surface area (TPSA) is 34.1 Å². The lowest BCUT2D eigenvalue weighted by Gasteiger charge is -2.08. The summed E-state index contributed by atoms with van der Waals surface area (Å²) in [7, 11) is 1.72. The number of nitrogens with zero attached hydrogens (tertiary/aromatic N) is 1. The molecule has 0 amide bonds. The van der Waals surface area contributed by atoms with Crippen molar-refractivity contribution in [3.05, 3.63) is 18.3 Å². The van der Waals surface area contributed by atoms with Gasteiger partial charge in [0.25, 0.3) is 0 Å². The third kappa shape index (κ3) is 4.53. The van der Waals surface area contributed by atoms with Crippen LogP contribution < -0.4 is 10.1 Å². The van der Waals surface area contributed by atoms with Crippen molar-refractivity contribution in [1.82, 2.24) is 4.98 Å². The van der Waals surface area contributed by atoms with Gasteiger partial charge in [0.15, 0.2) is 0 Å². The molecule has 0 saturated carbocycles. The van der Waals surface area contributed by atoms with Crippen LogP contribution >= 0.6 is 0 Å². The van der Waals surface area contributed by atoms with Crippen LogP contribution in [0.1, 0.15) is 6.42 Å². The van der Waals surface area contributed by atoms with Crippen molar-refractivity contribution in [2.75, 3.05) is 19.0 Å². The van der Waals surface area contributed by atoms with Crippen molar-refractivity contribution in [3.63, 3.8) is 0 Å². The maximum absolute atomic E-state index is 11.8. The zero-order valence-corrected chi connectivity index (χ0v) is 8.14. The van der Waals surface area contributed by atoms with E-state index in [9.17, 15) is 13.2 Å². The maximum Gasteiger partial charge on any atom is 0.392 e. The highest BCUT2D eigenvalue weighted by molar-refractivity contribution is 5.40. The van der Waals surface area contributed by atoms with Crippen LogP contribution in [0.2, 0.25) is 0 Å². The molecule has 1 heterocycles. The van der Waals surface area contributed by atoms with Gasteiger partial charge in [0, 0.05) is 13.1 Å². The monoisotopic (exact) mass is 220 g/mol. The molecule has 1 aromatic rings. The number of alkyl halides is 3. The molecule has 0 aliphatic carbocycles. The normalized spacial score (nSPS) is 11.2. The van der Waals surface area contributed by atoms with Crippen LogP contribution in [0, 0.1) is 0 Å². The highest BCUT2D eigenvalue weighted by Gasteiger charge is 2.26. The molecule has 6 heteroatoms. The van der Waals surface area contributed by atoms with Crippen molar-refractivity contribution >= 4 is 5.69 Å². The summed E-state index contributed by atoms with van der Waals surface area (Å²) in [5.74, 6) is 0.193. The van der Waals surface area contributed by atoms with Crippen molar-refractivity contribution in [2.45, 2.75) is 12.6 Å². The Labute approximate surface area is 85.3 Å². The van der Waals surface area contributed by atoms with E-state index in [0.717, 1.165) is 5.69 Å². The molecule has 0 aliphatic rings. The van der Waals surface area contributed by atoms with Gasteiger partial charge in [-0.15, -0.1) is 0 Å². The molecule has 0 radical (unpaired) electrons. The van der Waals surface area contributed by atoms with E-state index in [4.69, 9.17) is 4.74 Å². The number of rotatable bonds is 4. The number of pyridine rings is 1. The van der Waals surface area contributed by atoms with E-state index >= 15 is 0 Å². The van der Waals surface area contributed by atoms with E-state index in [1.165, 1.54) is 12.3 Å². The smallest absolute Gasteiger partial charge is 0.392 e. The predicted molar refractivity (Wildman–Crippen MR) is 50.0 cm³/mol. The minimum Gasteiger partial charge on any atom is -0.477 e. The molecule has 0 fully saturated rings. The molecule has 15 heavy (non-hydrogen) atoms. The Bertz CT molecular complexity index is 297. The minimum absolute atomic E-state index is 0.193. The summed E-state index contributed by atoms with van der Waals surface area (Å²) < 4.78 is 40.1. The first-order chi connectivity index (χ1) is 7.01. The Hall–Kier alpha value is -1.46. The minimum atomic E-state index is -4.19. The second-order valence-electron chi connectivity index (χ2n) is 2.85. The molecule has 1 N–H and O–H groups in total. The largest absolute Gasteiger partial charge is 0.477 e. The fraction of sp³-hybridized carbons (Fsp3) is 0.444. The van der Waals surface area contributed by atoms with Crippen molar-refractivity contribution in [1.29, 1.82) is 0 Å². The van der Waals surface area contributed by atoms with Gasteiger partial charge >= 0.3 is 6.18 Å². The Morgan fingerprint density at radius 2 is 2.13 bits per heavy atom. The van der Waals surface area contributed by atoms with Gasteiger partial charge in [-0.05, 0) is 6.07 Å². The molecule has 0 spiro atoms. The third-order valence-electron chi connectivity index (χ3n) is 1.66. The fourth-order valence-electron chi connectivity index (χ4n) is 0.885. The molecule has 1 rings (SSSR count). The highest BCUT2D eigenvalue weighted by atomic mass is 19.4. The molecule has 84 valence electrons. The molecule has 3 nitrogen and oxygen atoms in total. The maximum atomic E-state index is 11.8. The average molecular weight is 220 g/mol. The number of anilines is 1. The van der Waals surface area contributed by atoms with Crippen molar-refractivity contribution < 1.29 is 17.9 Å². The van der Waals surface area contributed by atoms with Crippen LogP contribution in [0.3, 0.4) is 0 Å². The zero-order chi connectivity index (χ0) is 11.3. The Kier molecular flexibility index (Phi) is 3.76. The molecule has 1 aromatic heterocycles. The first-order valence-corrected chi connectivity index (χ1v) is 4.34. The summed E-state index contributed by atoms with van der Waals surface area (Å²) in [6.07, 6.45) is -3.67. The summed E-state index contributed by atoms with van der Waals surface area (Å²) in [5, 5.41) is 2.84. The molecule has 0 saturated heterocycles. The van der Waals surface area contributed by atoms with Crippen molar-refractivity contribution in [3.8, 4) is 5.88 Å². The van der Waals surface area contributed by atoms with Gasteiger partial charge in [0.2, 0.25) is 5.88 Å². The fourth-order valence-corrected chi connectivity index (χ4v) is 0.885. The van der Waals surface area contributed by atoms with Crippen LogP contribution in [0.4, 0.5) is 18.9 Å². The van der Waals surface area contributed by atoms with Crippen LogP contribution in [0.25, 0.3) is 0 Å². The highest BCUT2D eigenvalue weighted by Crippen LogP contribution is 2.20. The number of nitrogens with one attached hydrogen (secondary N) is 1. The standard InChI is InChI=1S/C9H11F3N2O/c1-13-7-2-3-8(14-6-7)15-5-4-9(10,11)12/h2-3,6,13H,4-5H2,1H3. The number of hydrogen-bond acceptors (Lipinski definition) is 3. The summed E-state index contributed by atoms with van der Waals surface area (Å²) in [6.45, 7) is -0.407. The second-order valence-corrected chi connectivity index (χ2v) is 2.85. The molecule has 0 atom stereocenters. The molecular weight excluding hydrogens is 209 g/mol. The summed E-state index contributed by atoms with van der Waals surface area (Å²) in [5.41, 5.74) is 0.776. The molecule has 0 bridgehead atoms. The average Bonchev–Trinajstić information content (AvgIpc) is 2.17. The van der Waals surface area contributed by atoms with E-state index in [1.54, 1.807) is 13.1 Å². The van der Waals surface area contributed by atoms with Gasteiger partial charge < -0.3 is 10.1 Å². The molecule has 0 unspecified atom stereocenters. The number of aromatic nitrogens is 1. The van der Waals surface area contributed by atoms with Crippen LogP contribution in [0.15, 0.2) is 18.3 Å². The van der Waals surface area contributed by atoms with Crippen LogP contribution in [0.5, 0.6) is 5.88 Å². The lowest BCUT2D eigenvalue weighted by atomic mass is 10.4. The Balaban J connectivity index is 2.38. The molecule has 0 aliphatic heterocycles. The lowest BCUT2D eigenvalue weighted by Crippen LogP contribution is -2.13. The molecular formula is C9H11F3N2O. The Morgan fingerprint density at radius 1 is 1.40 bits per heavy atom. The number of halogens is 3. The summed E-state index contributed by atoms with van der Waals surface area (Å²) in [4.78, 5) is 3.82. The van der Waals surface area contributed by atoms with Gasteiger partial charge in [-0.25, -0.2) is 4.98 Å². The molecule has 0 aromatic carbocycles. The number of hydrogen-bond donors (Lipinski definition) is 1. The van der Waals surface area contributed by atoms with E-state index in [-0.39, 0.29) is 5.88 Å².